The molecule has 3 aromatic rings. The van der Waals surface area contributed by atoms with Crippen molar-refractivity contribution in [2.24, 2.45) is 4.99 Å². The lowest BCUT2D eigenvalue weighted by Gasteiger charge is -2.36. The number of guanidine groups is 1. The maximum Gasteiger partial charge on any atom is 0.194 e. The minimum atomic E-state index is 0.773. The lowest BCUT2D eigenvalue weighted by atomic mass is 10.2. The van der Waals surface area contributed by atoms with E-state index in [1.54, 1.807) is 0 Å². The van der Waals surface area contributed by atoms with Crippen molar-refractivity contribution in [1.82, 2.24) is 29.7 Å². The molecule has 164 valence electrons. The first-order valence-corrected chi connectivity index (χ1v) is 11.4. The second kappa shape index (κ2) is 10.6. The maximum atomic E-state index is 6.00. The Labute approximate surface area is 188 Å². The molecule has 4 rings (SSSR count). The van der Waals surface area contributed by atoms with Crippen LogP contribution in [-0.4, -0.2) is 69.6 Å². The van der Waals surface area contributed by atoms with Gasteiger partial charge in [-0.25, -0.2) is 0 Å². The van der Waals surface area contributed by atoms with Crippen LogP contribution in [0.5, 0.6) is 0 Å². The fourth-order valence-corrected chi connectivity index (χ4v) is 4.00. The molecule has 8 heteroatoms. The first-order valence-electron chi connectivity index (χ1n) is 11.0. The number of piperazine rings is 1. The first kappa shape index (κ1) is 21.6. The smallest absolute Gasteiger partial charge is 0.194 e. The van der Waals surface area contributed by atoms with Gasteiger partial charge in [-0.1, -0.05) is 29.8 Å². The molecule has 0 radical (unpaired) electrons. The molecule has 0 atom stereocenters. The van der Waals surface area contributed by atoms with Gasteiger partial charge < -0.3 is 10.2 Å². The molecule has 0 saturated carbocycles. The molecular formula is C23H30ClN7. The number of nitrogens with one attached hydrogen (secondary N) is 1. The zero-order valence-electron chi connectivity index (χ0n) is 18.0. The second-order valence-corrected chi connectivity index (χ2v) is 8.21. The van der Waals surface area contributed by atoms with E-state index >= 15 is 0 Å². The van der Waals surface area contributed by atoms with Gasteiger partial charge in [0.15, 0.2) is 11.6 Å². The van der Waals surface area contributed by atoms with Crippen molar-refractivity contribution in [2.45, 2.75) is 26.3 Å². The number of rotatable bonds is 7. The van der Waals surface area contributed by atoms with E-state index in [-0.39, 0.29) is 0 Å². The van der Waals surface area contributed by atoms with E-state index in [1.165, 1.54) is 5.56 Å². The van der Waals surface area contributed by atoms with Gasteiger partial charge in [0, 0.05) is 63.5 Å². The topological polar surface area (TPSA) is 61.1 Å². The van der Waals surface area contributed by atoms with Crippen molar-refractivity contribution >= 4 is 23.2 Å². The molecule has 1 N–H and O–H groups in total. The highest BCUT2D eigenvalue weighted by Gasteiger charge is 2.19. The van der Waals surface area contributed by atoms with Gasteiger partial charge in [-0.3, -0.25) is 14.3 Å². The SMILES string of the molecule is CCNC(=NCCCc1nnc2ccccn12)N1CCN(Cc2ccc(Cl)cc2)CC1. The second-order valence-electron chi connectivity index (χ2n) is 7.77. The van der Waals surface area contributed by atoms with Crippen molar-refractivity contribution in [3.05, 3.63) is 65.1 Å². The normalized spacial score (nSPS) is 15.5. The third kappa shape index (κ3) is 5.74. The quantitative estimate of drug-likeness (QED) is 0.348. The molecule has 31 heavy (non-hydrogen) atoms. The molecule has 3 heterocycles. The molecule has 0 bridgehead atoms. The molecule has 7 nitrogen and oxygen atoms in total. The molecule has 0 spiro atoms. The lowest BCUT2D eigenvalue weighted by molar-refractivity contribution is 0.172. The number of benzene rings is 1. The van der Waals surface area contributed by atoms with E-state index in [9.17, 15) is 0 Å². The van der Waals surface area contributed by atoms with Crippen LogP contribution >= 0.6 is 11.6 Å². The van der Waals surface area contributed by atoms with Gasteiger partial charge in [-0.15, -0.1) is 10.2 Å². The number of pyridine rings is 1. The van der Waals surface area contributed by atoms with Crippen molar-refractivity contribution in [1.29, 1.82) is 0 Å². The third-order valence-electron chi connectivity index (χ3n) is 5.53. The van der Waals surface area contributed by atoms with Crippen LogP contribution < -0.4 is 5.32 Å². The Kier molecular flexibility index (Phi) is 7.38. The maximum absolute atomic E-state index is 6.00. The highest BCUT2D eigenvalue weighted by Crippen LogP contribution is 2.13. The molecule has 1 aliphatic heterocycles. The Balaban J connectivity index is 1.27. The summed E-state index contributed by atoms with van der Waals surface area (Å²) in [6.07, 6.45) is 3.82. The van der Waals surface area contributed by atoms with Crippen molar-refractivity contribution in [3.63, 3.8) is 0 Å². The molecule has 0 amide bonds. The summed E-state index contributed by atoms with van der Waals surface area (Å²) in [7, 11) is 0. The zero-order valence-corrected chi connectivity index (χ0v) is 18.8. The average Bonchev–Trinajstić information content (AvgIpc) is 3.21. The van der Waals surface area contributed by atoms with Gasteiger partial charge in [0.2, 0.25) is 0 Å². The van der Waals surface area contributed by atoms with Gasteiger partial charge in [0.1, 0.15) is 5.82 Å². The Morgan fingerprint density at radius 1 is 1.06 bits per heavy atom. The summed E-state index contributed by atoms with van der Waals surface area (Å²) >= 11 is 6.00. The van der Waals surface area contributed by atoms with Crippen LogP contribution in [-0.2, 0) is 13.0 Å². The molecule has 1 fully saturated rings. The van der Waals surface area contributed by atoms with E-state index < -0.39 is 0 Å². The van der Waals surface area contributed by atoms with Crippen LogP contribution in [0.15, 0.2) is 53.7 Å². The van der Waals surface area contributed by atoms with Crippen molar-refractivity contribution in [2.75, 3.05) is 39.3 Å². The Bertz CT molecular complexity index is 991. The number of nitrogens with zero attached hydrogens (tertiary/aromatic N) is 6. The fourth-order valence-electron chi connectivity index (χ4n) is 3.88. The molecule has 2 aromatic heterocycles. The summed E-state index contributed by atoms with van der Waals surface area (Å²) in [6.45, 7) is 8.74. The van der Waals surface area contributed by atoms with Gasteiger partial charge in [-0.2, -0.15) is 0 Å². The Morgan fingerprint density at radius 2 is 1.87 bits per heavy atom. The van der Waals surface area contributed by atoms with E-state index in [0.717, 1.165) is 81.1 Å². The van der Waals surface area contributed by atoms with Gasteiger partial charge in [0.25, 0.3) is 0 Å². The van der Waals surface area contributed by atoms with E-state index in [2.05, 4.69) is 48.8 Å². The van der Waals surface area contributed by atoms with E-state index in [4.69, 9.17) is 16.6 Å². The fraction of sp³-hybridized carbons (Fsp3) is 0.435. The van der Waals surface area contributed by atoms with Crippen LogP contribution in [0.25, 0.3) is 5.65 Å². The number of hydrogen-bond acceptors (Lipinski definition) is 4. The summed E-state index contributed by atoms with van der Waals surface area (Å²) in [4.78, 5) is 9.73. The monoisotopic (exact) mass is 439 g/mol. The summed E-state index contributed by atoms with van der Waals surface area (Å²) in [5.41, 5.74) is 2.20. The number of fused-ring (bicyclic) bond motifs is 1. The van der Waals surface area contributed by atoms with Crippen LogP contribution in [0.4, 0.5) is 0 Å². The minimum absolute atomic E-state index is 0.773. The van der Waals surface area contributed by atoms with Gasteiger partial charge in [0.05, 0.1) is 0 Å². The van der Waals surface area contributed by atoms with Crippen LogP contribution in [0.3, 0.4) is 0 Å². The number of halogens is 1. The van der Waals surface area contributed by atoms with Crippen LogP contribution in [0, 0.1) is 0 Å². The van der Waals surface area contributed by atoms with Crippen LogP contribution in [0.2, 0.25) is 5.02 Å². The number of aromatic nitrogens is 3. The zero-order chi connectivity index (χ0) is 21.5. The molecule has 0 aliphatic carbocycles. The van der Waals surface area contributed by atoms with Crippen LogP contribution in [0.1, 0.15) is 24.7 Å². The molecular weight excluding hydrogens is 410 g/mol. The predicted octanol–water partition coefficient (Wildman–Crippen LogP) is 3.10. The molecule has 1 saturated heterocycles. The van der Waals surface area contributed by atoms with Crippen molar-refractivity contribution in [3.8, 4) is 0 Å². The standard InChI is InChI=1S/C23H30ClN7/c1-2-25-23(26-12-5-7-22-28-27-21-6-3-4-13-31(21)22)30-16-14-29(15-17-30)18-19-8-10-20(24)11-9-19/h3-4,6,8-11,13H,2,5,7,12,14-18H2,1H3,(H,25,26). The summed E-state index contributed by atoms with van der Waals surface area (Å²) in [6, 6.07) is 14.1. The molecule has 1 aliphatic rings. The average molecular weight is 440 g/mol. The summed E-state index contributed by atoms with van der Waals surface area (Å²) in [5, 5.41) is 12.8. The molecule has 0 unspecified atom stereocenters. The number of aliphatic imine (C=N–C) groups is 1. The minimum Gasteiger partial charge on any atom is -0.357 e. The largest absolute Gasteiger partial charge is 0.357 e. The molecule has 1 aromatic carbocycles. The number of hydrogen-bond donors (Lipinski definition) is 1. The van der Waals surface area contributed by atoms with E-state index in [0.29, 0.717) is 0 Å². The lowest BCUT2D eigenvalue weighted by Crippen LogP contribution is -2.52. The predicted molar refractivity (Wildman–Crippen MR) is 126 cm³/mol. The number of aryl methyl sites for hydroxylation is 1. The highest BCUT2D eigenvalue weighted by molar-refractivity contribution is 6.30. The highest BCUT2D eigenvalue weighted by atomic mass is 35.5. The Hall–Kier alpha value is -2.64. The van der Waals surface area contributed by atoms with Gasteiger partial charge in [-0.05, 0) is 43.2 Å². The van der Waals surface area contributed by atoms with Crippen molar-refractivity contribution < 1.29 is 0 Å². The Morgan fingerprint density at radius 3 is 2.65 bits per heavy atom. The van der Waals surface area contributed by atoms with Gasteiger partial charge >= 0.3 is 0 Å². The first-order chi connectivity index (χ1) is 15.2. The summed E-state index contributed by atoms with van der Waals surface area (Å²) < 4.78 is 2.05. The summed E-state index contributed by atoms with van der Waals surface area (Å²) in [5.74, 6) is 2.01. The third-order valence-corrected chi connectivity index (χ3v) is 5.78. The van der Waals surface area contributed by atoms with E-state index in [1.807, 2.05) is 36.5 Å².